The summed E-state index contributed by atoms with van der Waals surface area (Å²) in [5.74, 6) is -0.576. The zero-order valence-electron chi connectivity index (χ0n) is 19.1. The van der Waals surface area contributed by atoms with Gasteiger partial charge in [-0.3, -0.25) is 29.0 Å². The molecule has 2 aromatic rings. The van der Waals surface area contributed by atoms with Crippen molar-refractivity contribution in [1.82, 2.24) is 9.80 Å². The SMILES string of the molecule is CCCCCCN1C(=O)c2ccc3c4c(ccc(c24)C1=O)C(=O)N(CCCCCCS)C3=O. The zero-order chi connectivity index (χ0) is 23.5. The standard InChI is InChI=1S/C26H30N2O4S/c1-2-3-4-7-14-27-23(29)17-10-12-19-22-20(13-11-18(21(17)22)24(27)30)26(32)28(25(19)31)15-8-5-6-9-16-33/h10-13,33H,2-9,14-16H2,1H3. The summed E-state index contributed by atoms with van der Waals surface area (Å²) in [7, 11) is 0. The Morgan fingerprint density at radius 1 is 0.576 bits per heavy atom. The topological polar surface area (TPSA) is 74.8 Å². The summed E-state index contributed by atoms with van der Waals surface area (Å²) in [4.78, 5) is 55.4. The van der Waals surface area contributed by atoms with Crippen LogP contribution in [0.25, 0.3) is 10.8 Å². The molecular formula is C26H30N2O4S. The first kappa shape index (κ1) is 23.5. The molecule has 4 amide bonds. The maximum absolute atomic E-state index is 13.2. The van der Waals surface area contributed by atoms with Gasteiger partial charge in [-0.25, -0.2) is 0 Å². The van der Waals surface area contributed by atoms with Gasteiger partial charge in [-0.05, 0) is 49.3 Å². The second-order valence-electron chi connectivity index (χ2n) is 8.79. The number of unbranched alkanes of at least 4 members (excludes halogenated alkanes) is 6. The second-order valence-corrected chi connectivity index (χ2v) is 9.24. The molecule has 0 saturated heterocycles. The van der Waals surface area contributed by atoms with Crippen molar-refractivity contribution in [3.63, 3.8) is 0 Å². The van der Waals surface area contributed by atoms with Gasteiger partial charge in [-0.2, -0.15) is 12.6 Å². The monoisotopic (exact) mass is 466 g/mol. The minimum Gasteiger partial charge on any atom is -0.274 e. The maximum atomic E-state index is 13.2. The van der Waals surface area contributed by atoms with Gasteiger partial charge in [-0.1, -0.05) is 39.0 Å². The summed E-state index contributed by atoms with van der Waals surface area (Å²) < 4.78 is 0. The van der Waals surface area contributed by atoms with Crippen molar-refractivity contribution in [2.75, 3.05) is 18.8 Å². The molecule has 6 nitrogen and oxygen atoms in total. The summed E-state index contributed by atoms with van der Waals surface area (Å²) in [6.45, 7) is 2.85. The predicted molar refractivity (Wildman–Crippen MR) is 131 cm³/mol. The van der Waals surface area contributed by atoms with Gasteiger partial charge in [0.2, 0.25) is 0 Å². The van der Waals surface area contributed by atoms with E-state index >= 15 is 0 Å². The number of carbonyl (C=O) groups is 4. The molecule has 0 saturated carbocycles. The van der Waals surface area contributed by atoms with Crippen molar-refractivity contribution in [2.24, 2.45) is 0 Å². The molecule has 7 heteroatoms. The van der Waals surface area contributed by atoms with Crippen molar-refractivity contribution in [2.45, 2.75) is 58.3 Å². The van der Waals surface area contributed by atoms with Gasteiger partial charge in [0.15, 0.2) is 0 Å². The Bertz CT molecular complexity index is 1060. The first-order chi connectivity index (χ1) is 16.0. The summed E-state index contributed by atoms with van der Waals surface area (Å²) in [6, 6.07) is 6.54. The van der Waals surface area contributed by atoms with E-state index in [0.717, 1.165) is 57.1 Å². The quantitative estimate of drug-likeness (QED) is 0.284. The lowest BCUT2D eigenvalue weighted by molar-refractivity contribution is 0.0586. The number of carbonyl (C=O) groups excluding carboxylic acids is 4. The Morgan fingerprint density at radius 3 is 1.30 bits per heavy atom. The van der Waals surface area contributed by atoms with Crippen LogP contribution in [-0.4, -0.2) is 52.3 Å². The Balaban J connectivity index is 1.66. The molecule has 2 aliphatic rings. The number of benzene rings is 2. The van der Waals surface area contributed by atoms with Crippen LogP contribution >= 0.6 is 12.6 Å². The smallest absolute Gasteiger partial charge is 0.261 e. The highest BCUT2D eigenvalue weighted by atomic mass is 32.1. The lowest BCUT2D eigenvalue weighted by Gasteiger charge is -2.32. The van der Waals surface area contributed by atoms with E-state index in [1.807, 2.05) is 0 Å². The van der Waals surface area contributed by atoms with Crippen molar-refractivity contribution in [1.29, 1.82) is 0 Å². The normalized spacial score (nSPS) is 15.2. The molecule has 174 valence electrons. The van der Waals surface area contributed by atoms with Gasteiger partial charge in [0.25, 0.3) is 23.6 Å². The molecule has 0 N–H and O–H groups in total. The summed E-state index contributed by atoms with van der Waals surface area (Å²) in [5, 5.41) is 0.888. The predicted octanol–water partition coefficient (Wildman–Crippen LogP) is 5.10. The molecule has 0 aliphatic carbocycles. The van der Waals surface area contributed by atoms with E-state index in [4.69, 9.17) is 0 Å². The van der Waals surface area contributed by atoms with Gasteiger partial charge in [0, 0.05) is 46.1 Å². The van der Waals surface area contributed by atoms with Crippen molar-refractivity contribution < 1.29 is 19.2 Å². The van der Waals surface area contributed by atoms with E-state index in [-0.39, 0.29) is 23.6 Å². The summed E-state index contributed by atoms with van der Waals surface area (Å²) in [5.41, 5.74) is 1.55. The van der Waals surface area contributed by atoms with E-state index < -0.39 is 0 Å². The Morgan fingerprint density at radius 2 is 0.939 bits per heavy atom. The fourth-order valence-electron chi connectivity index (χ4n) is 4.81. The number of amides is 4. The minimum absolute atomic E-state index is 0.348. The average molecular weight is 467 g/mol. The molecule has 0 unspecified atom stereocenters. The highest BCUT2D eigenvalue weighted by Gasteiger charge is 2.39. The van der Waals surface area contributed by atoms with E-state index in [0.29, 0.717) is 46.1 Å². The van der Waals surface area contributed by atoms with Crippen molar-refractivity contribution in [3.05, 3.63) is 46.5 Å². The van der Waals surface area contributed by atoms with Gasteiger partial charge in [-0.15, -0.1) is 0 Å². The lowest BCUT2D eigenvalue weighted by Crippen LogP contribution is -2.43. The molecule has 33 heavy (non-hydrogen) atoms. The summed E-state index contributed by atoms with van der Waals surface area (Å²) >= 11 is 4.21. The first-order valence-electron chi connectivity index (χ1n) is 11.9. The number of hydrogen-bond donors (Lipinski definition) is 1. The fourth-order valence-corrected chi connectivity index (χ4v) is 5.04. The number of nitrogens with zero attached hydrogens (tertiary/aromatic N) is 2. The number of imide groups is 2. The maximum Gasteiger partial charge on any atom is 0.261 e. The van der Waals surface area contributed by atoms with Gasteiger partial charge < -0.3 is 0 Å². The third kappa shape index (κ3) is 4.19. The van der Waals surface area contributed by atoms with Gasteiger partial charge >= 0.3 is 0 Å². The van der Waals surface area contributed by atoms with E-state index in [9.17, 15) is 19.2 Å². The third-order valence-corrected chi connectivity index (χ3v) is 6.90. The largest absolute Gasteiger partial charge is 0.274 e. The third-order valence-electron chi connectivity index (χ3n) is 6.59. The molecule has 2 aliphatic heterocycles. The number of thiol groups is 1. The number of rotatable bonds is 11. The molecule has 2 heterocycles. The number of hydrogen-bond acceptors (Lipinski definition) is 5. The van der Waals surface area contributed by atoms with E-state index in [1.165, 1.54) is 9.80 Å². The molecule has 0 aromatic heterocycles. The van der Waals surface area contributed by atoms with Crippen LogP contribution in [0.1, 0.15) is 99.7 Å². The van der Waals surface area contributed by atoms with Crippen molar-refractivity contribution >= 4 is 47.0 Å². The Kier molecular flexibility index (Phi) is 7.17. The molecule has 0 radical (unpaired) electrons. The molecule has 0 spiro atoms. The average Bonchev–Trinajstić information content (AvgIpc) is 2.82. The van der Waals surface area contributed by atoms with Crippen LogP contribution in [-0.2, 0) is 0 Å². The zero-order valence-corrected chi connectivity index (χ0v) is 20.0. The molecule has 0 atom stereocenters. The van der Waals surface area contributed by atoms with Crippen LogP contribution < -0.4 is 0 Å². The van der Waals surface area contributed by atoms with Crippen LogP contribution in [0.15, 0.2) is 24.3 Å². The molecule has 0 fully saturated rings. The van der Waals surface area contributed by atoms with Gasteiger partial charge in [0.1, 0.15) is 0 Å². The van der Waals surface area contributed by atoms with Crippen LogP contribution in [0.3, 0.4) is 0 Å². The van der Waals surface area contributed by atoms with Crippen molar-refractivity contribution in [3.8, 4) is 0 Å². The van der Waals surface area contributed by atoms with Crippen LogP contribution in [0, 0.1) is 0 Å². The molecular weight excluding hydrogens is 436 g/mol. The Hall–Kier alpha value is -2.67. The molecule has 2 aromatic carbocycles. The Labute approximate surface area is 199 Å². The minimum atomic E-state index is -0.354. The van der Waals surface area contributed by atoms with Crippen LogP contribution in [0.5, 0.6) is 0 Å². The first-order valence-corrected chi connectivity index (χ1v) is 12.6. The van der Waals surface area contributed by atoms with E-state index in [2.05, 4.69) is 19.6 Å². The lowest BCUT2D eigenvalue weighted by atomic mass is 9.86. The molecule has 0 bridgehead atoms. The highest BCUT2D eigenvalue weighted by molar-refractivity contribution is 7.80. The fraction of sp³-hybridized carbons (Fsp3) is 0.462. The van der Waals surface area contributed by atoms with E-state index in [1.54, 1.807) is 24.3 Å². The van der Waals surface area contributed by atoms with Crippen LogP contribution in [0.4, 0.5) is 0 Å². The summed E-state index contributed by atoms with van der Waals surface area (Å²) in [6.07, 6.45) is 7.54. The highest BCUT2D eigenvalue weighted by Crippen LogP contribution is 2.38. The molecule has 4 rings (SSSR count). The van der Waals surface area contributed by atoms with Crippen LogP contribution in [0.2, 0.25) is 0 Å². The van der Waals surface area contributed by atoms with Gasteiger partial charge in [0.05, 0.1) is 0 Å². The second kappa shape index (κ2) is 10.1.